The Bertz CT molecular complexity index is 2250. The molecule has 7 aliphatic rings. The Morgan fingerprint density at radius 1 is 1.00 bits per heavy atom. The summed E-state index contributed by atoms with van der Waals surface area (Å²) in [5.41, 5.74) is 4.17. The molecule has 3 aromatic carbocycles. The SMILES string of the molecule is CCCC(=O)Oc1cc2c(cc1OC)[C@@]1(CS[C@@H]3c4c(OC(C)=O)c(C)c5c(c4[C@H](COC1=O)N1C3[C@@H]3N[C@H](Cc4cc(C)c(OC)c(O)c43)[C@@H]1O)OCO5)NCC2. The summed E-state index contributed by atoms with van der Waals surface area (Å²) in [5.74, 6) is 0.783. The number of aliphatic hydroxyl groups excluding tert-OH is 1. The van der Waals surface area contributed by atoms with E-state index in [1.807, 2.05) is 31.7 Å². The van der Waals surface area contributed by atoms with E-state index in [0.717, 1.165) is 16.7 Å². The molecule has 308 valence electrons. The predicted octanol–water partition coefficient (Wildman–Crippen LogP) is 4.07. The van der Waals surface area contributed by atoms with E-state index in [0.29, 0.717) is 82.4 Å². The second-order valence-electron chi connectivity index (χ2n) is 15.7. The molecule has 7 atom stereocenters. The van der Waals surface area contributed by atoms with Gasteiger partial charge < -0.3 is 48.7 Å². The van der Waals surface area contributed by atoms with Gasteiger partial charge in [0.1, 0.15) is 18.6 Å². The number of piperazine rings is 1. The van der Waals surface area contributed by atoms with E-state index in [-0.39, 0.29) is 43.0 Å². The van der Waals surface area contributed by atoms with Crippen molar-refractivity contribution in [1.29, 1.82) is 0 Å². The number of thioether (sulfide) groups is 1. The highest BCUT2D eigenvalue weighted by molar-refractivity contribution is 7.99. The minimum absolute atomic E-state index is 0.0124. The topological polar surface area (TPSA) is 184 Å². The number of nitrogens with one attached hydrogen (secondary N) is 2. The fourth-order valence-corrected chi connectivity index (χ4v) is 11.7. The number of carbonyl (C=O) groups excluding carboxylic acids is 3. The van der Waals surface area contributed by atoms with Crippen molar-refractivity contribution in [2.75, 3.05) is 39.9 Å². The third kappa shape index (κ3) is 5.74. The van der Waals surface area contributed by atoms with Crippen molar-refractivity contribution in [3.63, 3.8) is 0 Å². The Morgan fingerprint density at radius 2 is 1.79 bits per heavy atom. The van der Waals surface area contributed by atoms with Crippen LogP contribution in [0.1, 0.15) is 88.5 Å². The molecule has 4 N–H and O–H groups in total. The summed E-state index contributed by atoms with van der Waals surface area (Å²) in [5, 5.41) is 31.0. The molecule has 4 bridgehead atoms. The Labute approximate surface area is 339 Å². The molecule has 2 saturated heterocycles. The molecule has 0 saturated carbocycles. The van der Waals surface area contributed by atoms with Gasteiger partial charge in [-0.3, -0.25) is 19.8 Å². The van der Waals surface area contributed by atoms with Gasteiger partial charge in [0.05, 0.1) is 37.6 Å². The van der Waals surface area contributed by atoms with Gasteiger partial charge in [0.15, 0.2) is 40.0 Å². The van der Waals surface area contributed by atoms with E-state index < -0.39 is 53.1 Å². The van der Waals surface area contributed by atoms with Crippen molar-refractivity contribution in [3.8, 4) is 40.2 Å². The number of phenolic OH excluding ortho intramolecular Hbond substituents is 1. The van der Waals surface area contributed by atoms with Crippen LogP contribution in [0.2, 0.25) is 0 Å². The van der Waals surface area contributed by atoms with E-state index >= 15 is 0 Å². The highest BCUT2D eigenvalue weighted by Crippen LogP contribution is 2.63. The van der Waals surface area contributed by atoms with E-state index in [1.54, 1.807) is 12.1 Å². The molecular weight excluding hydrogens is 771 g/mol. The Kier molecular flexibility index (Phi) is 9.70. The number of methoxy groups -OCH3 is 2. The summed E-state index contributed by atoms with van der Waals surface area (Å²) < 4.78 is 41.9. The van der Waals surface area contributed by atoms with Gasteiger partial charge in [-0.15, -0.1) is 11.8 Å². The summed E-state index contributed by atoms with van der Waals surface area (Å²) in [6, 6.07) is 3.09. The second kappa shape index (κ2) is 14.5. The molecule has 2 fully saturated rings. The highest BCUT2D eigenvalue weighted by Gasteiger charge is 2.60. The number of phenols is 1. The number of hydrogen-bond donors (Lipinski definition) is 4. The molecule has 10 rings (SSSR count). The van der Waals surface area contributed by atoms with Crippen molar-refractivity contribution < 1.29 is 57.8 Å². The lowest BCUT2D eigenvalue weighted by Gasteiger charge is -2.59. The van der Waals surface area contributed by atoms with Crippen LogP contribution in [0.5, 0.6) is 40.2 Å². The van der Waals surface area contributed by atoms with Crippen LogP contribution in [0.3, 0.4) is 0 Å². The van der Waals surface area contributed by atoms with Crippen molar-refractivity contribution >= 4 is 29.7 Å². The van der Waals surface area contributed by atoms with Crippen LogP contribution >= 0.6 is 11.8 Å². The van der Waals surface area contributed by atoms with Gasteiger partial charge in [0, 0.05) is 53.9 Å². The molecule has 58 heavy (non-hydrogen) atoms. The molecule has 7 aliphatic heterocycles. The molecule has 1 unspecified atom stereocenters. The van der Waals surface area contributed by atoms with Gasteiger partial charge in [-0.1, -0.05) is 13.0 Å². The fraction of sp³-hybridized carbons (Fsp3) is 0.500. The molecular formula is C42H47N3O12S. The normalized spacial score (nSPS) is 27.7. The largest absolute Gasteiger partial charge is 0.504 e. The van der Waals surface area contributed by atoms with Crippen LogP contribution in [0, 0.1) is 13.8 Å². The zero-order chi connectivity index (χ0) is 40.8. The lowest BCUT2D eigenvalue weighted by molar-refractivity contribution is -0.164. The molecule has 0 aliphatic carbocycles. The van der Waals surface area contributed by atoms with Crippen LogP contribution in [0.15, 0.2) is 18.2 Å². The molecule has 0 radical (unpaired) electrons. The summed E-state index contributed by atoms with van der Waals surface area (Å²) >= 11 is 1.45. The van der Waals surface area contributed by atoms with Gasteiger partial charge in [-0.2, -0.15) is 0 Å². The molecule has 0 aromatic heterocycles. The quantitative estimate of drug-likeness (QED) is 0.206. The highest BCUT2D eigenvalue weighted by atomic mass is 32.2. The lowest BCUT2D eigenvalue weighted by atomic mass is 9.74. The fourth-order valence-electron chi connectivity index (χ4n) is 10.0. The first-order chi connectivity index (χ1) is 27.9. The number of ether oxygens (including phenoxy) is 7. The first kappa shape index (κ1) is 38.8. The molecule has 3 aromatic rings. The average molecular weight is 818 g/mol. The first-order valence-corrected chi connectivity index (χ1v) is 20.7. The molecule has 0 amide bonds. The molecule has 16 heteroatoms. The van der Waals surface area contributed by atoms with Gasteiger partial charge in [0.25, 0.3) is 0 Å². The molecule has 1 spiro atoms. The second-order valence-corrected chi connectivity index (χ2v) is 16.8. The number of fused-ring (bicyclic) bond motifs is 9. The third-order valence-corrected chi connectivity index (χ3v) is 13.9. The van der Waals surface area contributed by atoms with Gasteiger partial charge in [-0.25, -0.2) is 4.79 Å². The van der Waals surface area contributed by atoms with E-state index in [4.69, 9.17) is 33.2 Å². The number of aromatic hydroxyl groups is 1. The van der Waals surface area contributed by atoms with Crippen LogP contribution < -0.4 is 39.1 Å². The first-order valence-electron chi connectivity index (χ1n) is 19.6. The summed E-state index contributed by atoms with van der Waals surface area (Å²) in [4.78, 5) is 42.4. The van der Waals surface area contributed by atoms with Crippen molar-refractivity contribution in [1.82, 2.24) is 15.5 Å². The lowest BCUT2D eigenvalue weighted by Crippen LogP contribution is -2.69. The summed E-state index contributed by atoms with van der Waals surface area (Å²) in [6.45, 7) is 7.06. The number of aliphatic hydroxyl groups is 1. The Balaban J connectivity index is 1.26. The summed E-state index contributed by atoms with van der Waals surface area (Å²) in [6.07, 6.45) is 0.747. The number of nitrogens with zero attached hydrogens (tertiary/aromatic N) is 1. The van der Waals surface area contributed by atoms with E-state index in [1.165, 1.54) is 32.9 Å². The zero-order valence-corrected chi connectivity index (χ0v) is 34.0. The minimum atomic E-state index is -1.40. The Morgan fingerprint density at radius 3 is 2.53 bits per heavy atom. The number of hydrogen-bond acceptors (Lipinski definition) is 16. The maximum absolute atomic E-state index is 14.9. The van der Waals surface area contributed by atoms with Crippen LogP contribution in [-0.4, -0.2) is 91.2 Å². The van der Waals surface area contributed by atoms with E-state index in [9.17, 15) is 24.6 Å². The monoisotopic (exact) mass is 817 g/mol. The van der Waals surface area contributed by atoms with Gasteiger partial charge in [0.2, 0.25) is 6.79 Å². The predicted molar refractivity (Wildman–Crippen MR) is 209 cm³/mol. The minimum Gasteiger partial charge on any atom is -0.504 e. The van der Waals surface area contributed by atoms with Crippen molar-refractivity contribution in [2.45, 2.75) is 94.6 Å². The Hall–Kier alpha value is -4.74. The van der Waals surface area contributed by atoms with Crippen molar-refractivity contribution in [3.05, 3.63) is 62.7 Å². The average Bonchev–Trinajstić information content (AvgIpc) is 3.69. The van der Waals surface area contributed by atoms with Crippen LogP contribution in [0.4, 0.5) is 0 Å². The maximum atomic E-state index is 14.9. The zero-order valence-electron chi connectivity index (χ0n) is 33.2. The standard InChI is InChI=1S/C42H47N3O12S/c1-7-8-28(47)57-27-13-21-9-10-43-42(23(21)14-26(27)51-5)16-58-39-31-30(38-37(54-17-55-38)19(3)36(31)56-20(4)46)25(15-53-41(42)50)45-33(39)32-29-22(12-24(44-32)40(45)49)11-18(2)35(52-6)34(29)48/h11,13-14,24-25,32-33,39-40,43-44,48-49H,7-10,12,15-17H2,1-6H3/t24-,25+,32-,33?,39-,40+,42-/m1/s1. The van der Waals surface area contributed by atoms with Crippen molar-refractivity contribution in [2.24, 2.45) is 0 Å². The number of aryl methyl sites for hydroxylation is 1. The number of carbonyl (C=O) groups is 3. The molecule has 15 nitrogen and oxygen atoms in total. The number of benzene rings is 3. The summed E-state index contributed by atoms with van der Waals surface area (Å²) in [7, 11) is 3.01. The number of esters is 3. The smallest absolute Gasteiger partial charge is 0.331 e. The molecule has 7 heterocycles. The van der Waals surface area contributed by atoms with Gasteiger partial charge in [-0.05, 0) is 67.5 Å². The third-order valence-electron chi connectivity index (χ3n) is 12.4. The van der Waals surface area contributed by atoms with Crippen LogP contribution in [-0.2, 0) is 37.5 Å². The van der Waals surface area contributed by atoms with E-state index in [2.05, 4.69) is 10.6 Å². The van der Waals surface area contributed by atoms with Crippen LogP contribution in [0.25, 0.3) is 0 Å². The van der Waals surface area contributed by atoms with Gasteiger partial charge >= 0.3 is 17.9 Å². The maximum Gasteiger partial charge on any atom is 0.331 e. The number of rotatable bonds is 6.